The van der Waals surface area contributed by atoms with E-state index in [2.05, 4.69) is 195 Å². The van der Waals surface area contributed by atoms with E-state index in [-0.39, 0.29) is 5.41 Å². The zero-order valence-corrected chi connectivity index (χ0v) is 26.2. The summed E-state index contributed by atoms with van der Waals surface area (Å²) in [6, 6.07) is 63.9. The van der Waals surface area contributed by atoms with Crippen LogP contribution in [-0.4, -0.2) is 0 Å². The minimum absolute atomic E-state index is 0.164. The van der Waals surface area contributed by atoms with Gasteiger partial charge in [0.1, 0.15) is 0 Å². The van der Waals surface area contributed by atoms with Crippen LogP contribution < -0.4 is 4.90 Å². The lowest BCUT2D eigenvalue weighted by Gasteiger charge is -2.31. The van der Waals surface area contributed by atoms with E-state index in [0.717, 1.165) is 17.1 Å². The molecule has 8 rings (SSSR count). The fourth-order valence-electron chi connectivity index (χ4n) is 7.11. The third kappa shape index (κ3) is 4.82. The van der Waals surface area contributed by atoms with E-state index in [4.69, 9.17) is 0 Å². The lowest BCUT2D eigenvalue weighted by molar-refractivity contribution is 0.646. The van der Waals surface area contributed by atoms with Gasteiger partial charge in [-0.25, -0.2) is 0 Å². The number of anilines is 3. The molecule has 0 spiro atoms. The van der Waals surface area contributed by atoms with Crippen LogP contribution in [0.15, 0.2) is 176 Å². The van der Waals surface area contributed by atoms with Gasteiger partial charge in [-0.15, -0.1) is 0 Å². The lowest BCUT2D eigenvalue weighted by Crippen LogP contribution is -2.20. The zero-order chi connectivity index (χ0) is 31.1. The minimum atomic E-state index is -0.164. The first-order valence-corrected chi connectivity index (χ1v) is 16.0. The summed E-state index contributed by atoms with van der Waals surface area (Å²) >= 11 is 0. The smallest absolute Gasteiger partial charge is 0.0468 e. The normalized spacial score (nSPS) is 12.7. The minimum Gasteiger partial charge on any atom is -0.310 e. The van der Waals surface area contributed by atoms with Crippen molar-refractivity contribution in [1.29, 1.82) is 0 Å². The van der Waals surface area contributed by atoms with Crippen LogP contribution in [0.4, 0.5) is 17.1 Å². The van der Waals surface area contributed by atoms with Crippen molar-refractivity contribution < 1.29 is 0 Å². The molecule has 46 heavy (non-hydrogen) atoms. The highest BCUT2D eigenvalue weighted by atomic mass is 15.1. The molecule has 1 heteroatoms. The van der Waals surface area contributed by atoms with Gasteiger partial charge in [0.25, 0.3) is 0 Å². The second-order valence-corrected chi connectivity index (χ2v) is 12.6. The lowest BCUT2D eigenvalue weighted by atomic mass is 9.75. The van der Waals surface area contributed by atoms with Crippen LogP contribution in [0.3, 0.4) is 0 Å². The van der Waals surface area contributed by atoms with Gasteiger partial charge in [0.05, 0.1) is 0 Å². The number of rotatable bonds is 5. The van der Waals surface area contributed by atoms with Crippen molar-refractivity contribution in [2.24, 2.45) is 0 Å². The molecule has 0 bridgehead atoms. The summed E-state index contributed by atoms with van der Waals surface area (Å²) in [4.78, 5) is 2.39. The van der Waals surface area contributed by atoms with Crippen LogP contribution in [0.5, 0.6) is 0 Å². The summed E-state index contributed by atoms with van der Waals surface area (Å²) in [6.45, 7) is 4.72. The largest absolute Gasteiger partial charge is 0.310 e. The van der Waals surface area contributed by atoms with Gasteiger partial charge in [-0.3, -0.25) is 0 Å². The SMILES string of the molecule is CC1(C)c2ccccc2-c2ccccc2-c2cc(N(c3ccc(-c4ccccc4)cc3)c3ccc(-c4ccccc4)cc3)ccc21. The second kappa shape index (κ2) is 11.4. The molecule has 7 aromatic carbocycles. The van der Waals surface area contributed by atoms with E-state index in [0.29, 0.717) is 0 Å². The number of hydrogen-bond acceptors (Lipinski definition) is 1. The summed E-state index contributed by atoms with van der Waals surface area (Å²) in [7, 11) is 0. The van der Waals surface area contributed by atoms with Crippen molar-refractivity contribution in [2.75, 3.05) is 4.90 Å². The van der Waals surface area contributed by atoms with Gasteiger partial charge in [0.15, 0.2) is 0 Å². The van der Waals surface area contributed by atoms with Crippen molar-refractivity contribution in [3.05, 3.63) is 187 Å². The molecule has 0 heterocycles. The number of nitrogens with zero attached hydrogens (tertiary/aromatic N) is 1. The van der Waals surface area contributed by atoms with E-state index in [1.54, 1.807) is 0 Å². The highest BCUT2D eigenvalue weighted by Gasteiger charge is 2.33. The number of benzene rings is 7. The van der Waals surface area contributed by atoms with Crippen molar-refractivity contribution in [3.63, 3.8) is 0 Å². The standard InChI is InChI=1S/C45H35N/c1-45(2)43-20-12-11-19-41(43)39-17-9-10-18-40(39)42-31-38(29-30-44(42)45)46(36-25-21-34(22-26-36)32-13-5-3-6-14-32)37-27-23-35(24-28-37)33-15-7-4-8-16-33/h3-31H,1-2H3. The molecule has 0 fully saturated rings. The predicted molar refractivity (Wildman–Crippen MR) is 195 cm³/mol. The monoisotopic (exact) mass is 589 g/mol. The Morgan fingerprint density at radius 2 is 0.717 bits per heavy atom. The third-order valence-electron chi connectivity index (χ3n) is 9.51. The van der Waals surface area contributed by atoms with Crippen molar-refractivity contribution in [3.8, 4) is 44.5 Å². The molecule has 0 unspecified atom stereocenters. The van der Waals surface area contributed by atoms with E-state index in [1.165, 1.54) is 55.6 Å². The molecule has 0 N–H and O–H groups in total. The Morgan fingerprint density at radius 3 is 1.26 bits per heavy atom. The molecule has 7 aromatic rings. The van der Waals surface area contributed by atoms with Crippen LogP contribution in [0, 0.1) is 0 Å². The Morgan fingerprint density at radius 1 is 0.326 bits per heavy atom. The third-order valence-corrected chi connectivity index (χ3v) is 9.51. The Hall–Kier alpha value is -5.66. The Labute approximate surface area is 272 Å². The fraction of sp³-hybridized carbons (Fsp3) is 0.0667. The molecular weight excluding hydrogens is 555 g/mol. The van der Waals surface area contributed by atoms with Gasteiger partial charge in [0, 0.05) is 22.5 Å². The molecular formula is C45H35N. The first-order valence-electron chi connectivity index (χ1n) is 16.0. The maximum Gasteiger partial charge on any atom is 0.0468 e. The zero-order valence-electron chi connectivity index (χ0n) is 26.2. The summed E-state index contributed by atoms with van der Waals surface area (Å²) in [5.41, 5.74) is 15.9. The van der Waals surface area contributed by atoms with Gasteiger partial charge < -0.3 is 4.90 Å². The van der Waals surface area contributed by atoms with Crippen molar-refractivity contribution in [1.82, 2.24) is 0 Å². The van der Waals surface area contributed by atoms with Crippen LogP contribution >= 0.6 is 0 Å². The highest BCUT2D eigenvalue weighted by molar-refractivity contribution is 5.92. The summed E-state index contributed by atoms with van der Waals surface area (Å²) in [5.74, 6) is 0. The van der Waals surface area contributed by atoms with Gasteiger partial charge in [-0.1, -0.05) is 153 Å². The van der Waals surface area contributed by atoms with E-state index < -0.39 is 0 Å². The molecule has 0 aliphatic heterocycles. The fourth-order valence-corrected chi connectivity index (χ4v) is 7.11. The Balaban J connectivity index is 1.30. The van der Waals surface area contributed by atoms with Gasteiger partial charge in [0.2, 0.25) is 0 Å². The molecule has 220 valence electrons. The quantitative estimate of drug-likeness (QED) is 0.193. The van der Waals surface area contributed by atoms with Crippen molar-refractivity contribution >= 4 is 17.1 Å². The Kier molecular flexibility index (Phi) is 6.88. The van der Waals surface area contributed by atoms with Gasteiger partial charge in [-0.2, -0.15) is 0 Å². The molecule has 0 saturated heterocycles. The van der Waals surface area contributed by atoms with Crippen molar-refractivity contribution in [2.45, 2.75) is 19.3 Å². The average molecular weight is 590 g/mol. The molecule has 0 amide bonds. The molecule has 0 atom stereocenters. The van der Waals surface area contributed by atoms with Crippen LogP contribution in [-0.2, 0) is 5.41 Å². The maximum absolute atomic E-state index is 2.40. The first kappa shape index (κ1) is 27.9. The second-order valence-electron chi connectivity index (χ2n) is 12.6. The number of hydrogen-bond donors (Lipinski definition) is 0. The summed E-state index contributed by atoms with van der Waals surface area (Å²) < 4.78 is 0. The van der Waals surface area contributed by atoms with Crippen LogP contribution in [0.2, 0.25) is 0 Å². The Bertz CT molecular complexity index is 2060. The highest BCUT2D eigenvalue weighted by Crippen LogP contribution is 2.50. The summed E-state index contributed by atoms with van der Waals surface area (Å²) in [6.07, 6.45) is 0. The molecule has 1 aliphatic carbocycles. The molecule has 1 nitrogen and oxygen atoms in total. The van der Waals surface area contributed by atoms with Gasteiger partial charge in [-0.05, 0) is 92.0 Å². The van der Waals surface area contributed by atoms with Crippen LogP contribution in [0.1, 0.15) is 25.0 Å². The topological polar surface area (TPSA) is 3.24 Å². The molecule has 0 radical (unpaired) electrons. The van der Waals surface area contributed by atoms with Gasteiger partial charge >= 0.3 is 0 Å². The molecule has 0 aromatic heterocycles. The first-order chi connectivity index (χ1) is 22.6. The van der Waals surface area contributed by atoms with E-state index in [1.807, 2.05) is 0 Å². The maximum atomic E-state index is 2.40. The van der Waals surface area contributed by atoms with E-state index in [9.17, 15) is 0 Å². The van der Waals surface area contributed by atoms with E-state index >= 15 is 0 Å². The van der Waals surface area contributed by atoms with Crippen LogP contribution in [0.25, 0.3) is 44.5 Å². The number of fused-ring (bicyclic) bond motifs is 5. The molecule has 1 aliphatic rings. The predicted octanol–water partition coefficient (Wildman–Crippen LogP) is 12.5. The molecule has 0 saturated carbocycles. The average Bonchev–Trinajstić information content (AvgIpc) is 3.20. The summed E-state index contributed by atoms with van der Waals surface area (Å²) in [5, 5.41) is 0.